The van der Waals surface area contributed by atoms with Crippen molar-refractivity contribution in [3.05, 3.63) is 36.4 Å². The smallest absolute Gasteiger partial charge is 0.234 e. The monoisotopic (exact) mass is 380 g/mol. The van der Waals surface area contributed by atoms with E-state index in [2.05, 4.69) is 22.1 Å². The maximum atomic E-state index is 12.0. The number of nitrogens with one attached hydrogen (secondary N) is 1. The predicted octanol–water partition coefficient (Wildman–Crippen LogP) is 4.00. The summed E-state index contributed by atoms with van der Waals surface area (Å²) in [6.45, 7) is 5.85. The SMILES string of the molecule is C=C(C)CSc1nnc(SCC(=O)Nc2ccc(N(C)C)cc2)s1. The molecule has 0 fully saturated rings. The van der Waals surface area contributed by atoms with Crippen LogP contribution in [-0.2, 0) is 4.79 Å². The minimum atomic E-state index is -0.0519. The van der Waals surface area contributed by atoms with Crippen LogP contribution < -0.4 is 10.2 Å². The van der Waals surface area contributed by atoms with E-state index >= 15 is 0 Å². The molecular formula is C16H20N4OS3. The van der Waals surface area contributed by atoms with Crippen molar-refractivity contribution in [1.82, 2.24) is 10.2 Å². The number of thioether (sulfide) groups is 2. The Balaban J connectivity index is 1.79. The molecule has 0 aliphatic heterocycles. The molecule has 1 N–H and O–H groups in total. The van der Waals surface area contributed by atoms with Gasteiger partial charge in [-0.2, -0.15) is 0 Å². The molecule has 0 spiro atoms. The van der Waals surface area contributed by atoms with E-state index in [0.29, 0.717) is 5.75 Å². The highest BCUT2D eigenvalue weighted by Crippen LogP contribution is 2.29. The summed E-state index contributed by atoms with van der Waals surface area (Å²) in [5.74, 6) is 1.10. The fraction of sp³-hybridized carbons (Fsp3) is 0.312. The molecule has 0 aliphatic rings. The van der Waals surface area contributed by atoms with E-state index in [9.17, 15) is 4.79 Å². The van der Waals surface area contributed by atoms with Crippen molar-refractivity contribution in [3.63, 3.8) is 0 Å². The molecule has 1 amide bonds. The molecule has 5 nitrogen and oxygen atoms in total. The summed E-state index contributed by atoms with van der Waals surface area (Å²) in [5.41, 5.74) is 2.99. The van der Waals surface area contributed by atoms with Gasteiger partial charge >= 0.3 is 0 Å². The van der Waals surface area contributed by atoms with Gasteiger partial charge in [-0.25, -0.2) is 0 Å². The summed E-state index contributed by atoms with van der Waals surface area (Å²) < 4.78 is 1.71. The minimum Gasteiger partial charge on any atom is -0.378 e. The highest BCUT2D eigenvalue weighted by molar-refractivity contribution is 8.03. The molecule has 1 aromatic heterocycles. The number of hydrogen-bond donors (Lipinski definition) is 1. The molecule has 0 atom stereocenters. The van der Waals surface area contributed by atoms with Crippen LogP contribution >= 0.6 is 34.9 Å². The van der Waals surface area contributed by atoms with Crippen LogP contribution in [0.15, 0.2) is 45.1 Å². The Bertz CT molecular complexity index is 698. The van der Waals surface area contributed by atoms with Gasteiger partial charge in [0.1, 0.15) is 0 Å². The van der Waals surface area contributed by atoms with Gasteiger partial charge in [0.05, 0.1) is 5.75 Å². The van der Waals surface area contributed by atoms with Crippen LogP contribution in [0, 0.1) is 0 Å². The van der Waals surface area contributed by atoms with E-state index in [0.717, 1.165) is 31.4 Å². The minimum absolute atomic E-state index is 0.0519. The molecule has 0 saturated heterocycles. The number of nitrogens with zero attached hydrogens (tertiary/aromatic N) is 3. The fourth-order valence-electron chi connectivity index (χ4n) is 1.67. The van der Waals surface area contributed by atoms with Crippen molar-refractivity contribution < 1.29 is 4.79 Å². The van der Waals surface area contributed by atoms with E-state index in [4.69, 9.17) is 0 Å². The van der Waals surface area contributed by atoms with Gasteiger partial charge in [0.2, 0.25) is 5.91 Å². The zero-order chi connectivity index (χ0) is 17.5. The van der Waals surface area contributed by atoms with Crippen molar-refractivity contribution >= 4 is 52.1 Å². The number of carbonyl (C=O) groups excluding carboxylic acids is 1. The van der Waals surface area contributed by atoms with Crippen LogP contribution in [0.5, 0.6) is 0 Å². The summed E-state index contributed by atoms with van der Waals surface area (Å²) in [7, 11) is 3.96. The zero-order valence-corrected chi connectivity index (χ0v) is 16.4. The topological polar surface area (TPSA) is 58.1 Å². The van der Waals surface area contributed by atoms with Crippen LogP contribution in [0.3, 0.4) is 0 Å². The molecule has 0 bridgehead atoms. The van der Waals surface area contributed by atoms with E-state index in [1.54, 1.807) is 11.8 Å². The number of anilines is 2. The summed E-state index contributed by atoms with van der Waals surface area (Å²) in [4.78, 5) is 14.0. The number of carbonyl (C=O) groups is 1. The third kappa shape index (κ3) is 6.18. The Morgan fingerprint density at radius 2 is 1.75 bits per heavy atom. The second-order valence-electron chi connectivity index (χ2n) is 5.36. The number of aromatic nitrogens is 2. The number of rotatable bonds is 8. The van der Waals surface area contributed by atoms with Crippen molar-refractivity contribution in [2.24, 2.45) is 0 Å². The normalized spacial score (nSPS) is 10.5. The van der Waals surface area contributed by atoms with Gasteiger partial charge in [-0.15, -0.1) is 10.2 Å². The average Bonchev–Trinajstić information content (AvgIpc) is 2.99. The lowest BCUT2D eigenvalue weighted by Crippen LogP contribution is -2.14. The molecular weight excluding hydrogens is 360 g/mol. The Morgan fingerprint density at radius 3 is 2.29 bits per heavy atom. The molecule has 1 heterocycles. The van der Waals surface area contributed by atoms with Crippen LogP contribution in [0.1, 0.15) is 6.92 Å². The van der Waals surface area contributed by atoms with Gasteiger partial charge in [-0.1, -0.05) is 47.0 Å². The molecule has 0 radical (unpaired) electrons. The van der Waals surface area contributed by atoms with Crippen molar-refractivity contribution in [2.45, 2.75) is 15.6 Å². The first-order valence-corrected chi connectivity index (χ1v) is 10.0. The molecule has 2 aromatic rings. The van der Waals surface area contributed by atoms with E-state index in [-0.39, 0.29) is 5.91 Å². The summed E-state index contributed by atoms with van der Waals surface area (Å²) in [6.07, 6.45) is 0. The molecule has 1 aromatic carbocycles. The molecule has 128 valence electrons. The van der Waals surface area contributed by atoms with E-state index in [1.165, 1.54) is 23.1 Å². The number of hydrogen-bond acceptors (Lipinski definition) is 7. The number of benzene rings is 1. The summed E-state index contributed by atoms with van der Waals surface area (Å²) in [6, 6.07) is 7.74. The van der Waals surface area contributed by atoms with Gasteiger partial charge in [-0.05, 0) is 31.2 Å². The quantitative estimate of drug-likeness (QED) is 0.552. The van der Waals surface area contributed by atoms with Crippen LogP contribution in [0.4, 0.5) is 11.4 Å². The van der Waals surface area contributed by atoms with E-state index < -0.39 is 0 Å². The van der Waals surface area contributed by atoms with Crippen molar-refractivity contribution in [2.75, 3.05) is 35.8 Å². The third-order valence-electron chi connectivity index (χ3n) is 2.82. The fourth-order valence-corrected chi connectivity index (χ4v) is 4.33. The summed E-state index contributed by atoms with van der Waals surface area (Å²) >= 11 is 4.52. The number of amides is 1. The first-order chi connectivity index (χ1) is 11.4. The molecule has 0 unspecified atom stereocenters. The average molecular weight is 381 g/mol. The maximum absolute atomic E-state index is 12.0. The third-order valence-corrected chi connectivity index (χ3v) is 6.24. The maximum Gasteiger partial charge on any atom is 0.234 e. The Kier molecular flexibility index (Phi) is 7.14. The molecule has 0 saturated carbocycles. The zero-order valence-electron chi connectivity index (χ0n) is 13.9. The van der Waals surface area contributed by atoms with Gasteiger partial charge in [0, 0.05) is 31.2 Å². The van der Waals surface area contributed by atoms with Gasteiger partial charge < -0.3 is 10.2 Å². The Morgan fingerprint density at radius 1 is 1.17 bits per heavy atom. The van der Waals surface area contributed by atoms with Gasteiger partial charge in [0.15, 0.2) is 8.68 Å². The highest BCUT2D eigenvalue weighted by atomic mass is 32.2. The Labute approximate surface area is 154 Å². The second kappa shape index (κ2) is 9.10. The first kappa shape index (κ1) is 18.8. The molecule has 8 heteroatoms. The van der Waals surface area contributed by atoms with Gasteiger partial charge in [0.25, 0.3) is 0 Å². The lowest BCUT2D eigenvalue weighted by Gasteiger charge is -2.12. The van der Waals surface area contributed by atoms with Crippen LogP contribution in [-0.4, -0.2) is 41.7 Å². The largest absolute Gasteiger partial charge is 0.378 e. The van der Waals surface area contributed by atoms with Crippen LogP contribution in [0.25, 0.3) is 0 Å². The second-order valence-corrected chi connectivity index (χ2v) is 8.78. The van der Waals surface area contributed by atoms with E-state index in [1.807, 2.05) is 50.2 Å². The highest BCUT2D eigenvalue weighted by Gasteiger charge is 2.09. The van der Waals surface area contributed by atoms with Crippen LogP contribution in [0.2, 0.25) is 0 Å². The lowest BCUT2D eigenvalue weighted by atomic mass is 10.2. The molecule has 2 rings (SSSR count). The van der Waals surface area contributed by atoms with Gasteiger partial charge in [-0.3, -0.25) is 4.79 Å². The van der Waals surface area contributed by atoms with Crippen molar-refractivity contribution in [3.8, 4) is 0 Å². The molecule has 24 heavy (non-hydrogen) atoms. The lowest BCUT2D eigenvalue weighted by molar-refractivity contribution is -0.113. The molecule has 0 aliphatic carbocycles. The Hall–Kier alpha value is -1.51. The summed E-state index contributed by atoms with van der Waals surface area (Å²) in [5, 5.41) is 11.1. The standard InChI is InChI=1S/C16H20N4OS3/c1-11(2)9-22-15-18-19-16(24-15)23-10-14(21)17-12-5-7-13(8-6-12)20(3)4/h5-8H,1,9-10H2,2-4H3,(H,17,21). The first-order valence-electron chi connectivity index (χ1n) is 7.25. The predicted molar refractivity (Wildman–Crippen MR) is 106 cm³/mol. The van der Waals surface area contributed by atoms with Crippen molar-refractivity contribution in [1.29, 1.82) is 0 Å².